The van der Waals surface area contributed by atoms with Crippen LogP contribution in [0.25, 0.3) is 0 Å². The molecule has 5 nitrogen and oxygen atoms in total. The summed E-state index contributed by atoms with van der Waals surface area (Å²) in [4.78, 5) is 0. The van der Waals surface area contributed by atoms with Crippen molar-refractivity contribution in [2.75, 3.05) is 21.3 Å². The third-order valence-corrected chi connectivity index (χ3v) is 3.10. The van der Waals surface area contributed by atoms with Crippen LogP contribution >= 0.6 is 0 Å². The quantitative estimate of drug-likeness (QED) is 0.329. The second-order valence-corrected chi connectivity index (χ2v) is 4.27. The second kappa shape index (κ2) is 8.31. The van der Waals surface area contributed by atoms with Gasteiger partial charge in [0.25, 0.3) is 0 Å². The van der Waals surface area contributed by atoms with E-state index in [1.165, 1.54) is 0 Å². The summed E-state index contributed by atoms with van der Waals surface area (Å²) in [6.45, 7) is 0. The monoisotopic (exact) mass is 278 g/mol. The largest absolute Gasteiger partial charge is 0.493 e. The molecule has 0 amide bonds. The van der Waals surface area contributed by atoms with E-state index in [1.807, 2.05) is 12.1 Å². The van der Waals surface area contributed by atoms with E-state index in [0.29, 0.717) is 17.2 Å². The van der Waals surface area contributed by atoms with Crippen molar-refractivity contribution in [1.82, 2.24) is 5.43 Å². The third kappa shape index (κ3) is 3.80. The maximum Gasteiger partial charge on any atom is 0.203 e. The van der Waals surface area contributed by atoms with Crippen LogP contribution in [0.15, 0.2) is 12.1 Å². The van der Waals surface area contributed by atoms with E-state index in [4.69, 9.17) is 26.5 Å². The van der Waals surface area contributed by atoms with E-state index in [2.05, 4.69) is 11.3 Å². The molecule has 1 aromatic rings. The van der Waals surface area contributed by atoms with Gasteiger partial charge in [-0.15, -0.1) is 12.3 Å². The Labute approximate surface area is 120 Å². The third-order valence-electron chi connectivity index (χ3n) is 3.10. The minimum Gasteiger partial charge on any atom is -0.493 e. The number of terminal acetylenes is 1. The number of rotatable bonds is 8. The van der Waals surface area contributed by atoms with Crippen LogP contribution in [0.3, 0.4) is 0 Å². The molecule has 0 aliphatic carbocycles. The zero-order valence-electron chi connectivity index (χ0n) is 12.2. The van der Waals surface area contributed by atoms with Gasteiger partial charge in [-0.05, 0) is 30.5 Å². The van der Waals surface area contributed by atoms with E-state index >= 15 is 0 Å². The predicted molar refractivity (Wildman–Crippen MR) is 78.8 cm³/mol. The molecule has 110 valence electrons. The average Bonchev–Trinajstić information content (AvgIpc) is 2.50. The number of nitrogens with two attached hydrogens (primary N) is 1. The molecule has 0 spiro atoms. The van der Waals surface area contributed by atoms with Gasteiger partial charge in [0.05, 0.1) is 21.3 Å². The summed E-state index contributed by atoms with van der Waals surface area (Å²) >= 11 is 0. The number of hydrogen-bond donors (Lipinski definition) is 2. The number of ether oxygens (including phenoxy) is 3. The maximum absolute atomic E-state index is 5.63. The molecule has 20 heavy (non-hydrogen) atoms. The van der Waals surface area contributed by atoms with Crippen molar-refractivity contribution in [2.45, 2.75) is 25.3 Å². The van der Waals surface area contributed by atoms with Crippen molar-refractivity contribution in [3.8, 4) is 29.6 Å². The Morgan fingerprint density at radius 3 is 2.20 bits per heavy atom. The van der Waals surface area contributed by atoms with Crippen LogP contribution in [0.2, 0.25) is 0 Å². The molecule has 0 fully saturated rings. The van der Waals surface area contributed by atoms with Crippen LogP contribution in [-0.4, -0.2) is 21.3 Å². The Morgan fingerprint density at radius 2 is 1.80 bits per heavy atom. The molecule has 3 N–H and O–H groups in total. The van der Waals surface area contributed by atoms with Gasteiger partial charge in [0.2, 0.25) is 5.75 Å². The molecule has 0 aromatic heterocycles. The smallest absolute Gasteiger partial charge is 0.203 e. The van der Waals surface area contributed by atoms with Crippen LogP contribution in [0.5, 0.6) is 17.2 Å². The first-order valence-corrected chi connectivity index (χ1v) is 6.41. The molecule has 0 aliphatic rings. The first-order chi connectivity index (χ1) is 9.71. The summed E-state index contributed by atoms with van der Waals surface area (Å²) < 4.78 is 16.0. The van der Waals surface area contributed by atoms with E-state index in [1.54, 1.807) is 21.3 Å². The van der Waals surface area contributed by atoms with Gasteiger partial charge in [-0.3, -0.25) is 11.3 Å². The summed E-state index contributed by atoms with van der Waals surface area (Å²) in [5.41, 5.74) is 3.77. The zero-order valence-corrected chi connectivity index (χ0v) is 12.2. The summed E-state index contributed by atoms with van der Waals surface area (Å²) in [6.07, 6.45) is 7.71. The van der Waals surface area contributed by atoms with E-state index in [9.17, 15) is 0 Å². The van der Waals surface area contributed by atoms with E-state index in [-0.39, 0.29) is 6.04 Å². The molecule has 5 heteroatoms. The average molecular weight is 278 g/mol. The van der Waals surface area contributed by atoms with Gasteiger partial charge >= 0.3 is 0 Å². The minimum absolute atomic E-state index is 0.0166. The molecular weight excluding hydrogens is 256 g/mol. The number of unbranched alkanes of at least 4 members (excludes halogenated alkanes) is 1. The highest BCUT2D eigenvalue weighted by Crippen LogP contribution is 2.40. The van der Waals surface area contributed by atoms with Crippen molar-refractivity contribution in [3.05, 3.63) is 17.7 Å². The van der Waals surface area contributed by atoms with Crippen LogP contribution in [0.1, 0.15) is 30.9 Å². The fourth-order valence-electron chi connectivity index (χ4n) is 2.06. The number of benzene rings is 1. The molecule has 0 saturated heterocycles. The molecule has 1 atom stereocenters. The molecular formula is C15H22N2O3. The predicted octanol–water partition coefficient (Wildman–Crippen LogP) is 2.02. The van der Waals surface area contributed by atoms with Gasteiger partial charge < -0.3 is 14.2 Å². The van der Waals surface area contributed by atoms with E-state index in [0.717, 1.165) is 24.8 Å². The number of nitrogens with one attached hydrogen (secondary N) is 1. The van der Waals surface area contributed by atoms with Crippen LogP contribution in [0, 0.1) is 12.3 Å². The lowest BCUT2D eigenvalue weighted by Gasteiger charge is -2.19. The minimum atomic E-state index is -0.0166. The van der Waals surface area contributed by atoms with Crippen LogP contribution < -0.4 is 25.5 Å². The molecule has 1 rings (SSSR count). The summed E-state index contributed by atoms with van der Waals surface area (Å²) in [5.74, 6) is 10.0. The van der Waals surface area contributed by atoms with Crippen LogP contribution in [0.4, 0.5) is 0 Å². The standard InChI is InChI=1S/C15H22N2O3/c1-5-6-7-8-12(17-16)11-9-13(18-2)15(20-4)14(10-11)19-3/h1,9-10,12,17H,6-8,16H2,2-4H3. The van der Waals surface area contributed by atoms with Gasteiger partial charge in [0, 0.05) is 12.5 Å². The van der Waals surface area contributed by atoms with Crippen molar-refractivity contribution in [1.29, 1.82) is 0 Å². The van der Waals surface area contributed by atoms with Crippen molar-refractivity contribution < 1.29 is 14.2 Å². The summed E-state index contributed by atoms with van der Waals surface area (Å²) in [7, 11) is 4.75. The van der Waals surface area contributed by atoms with E-state index < -0.39 is 0 Å². The molecule has 0 aliphatic heterocycles. The number of methoxy groups -OCH3 is 3. The van der Waals surface area contributed by atoms with Gasteiger partial charge in [0.1, 0.15) is 0 Å². The Hall–Kier alpha value is -1.90. The molecule has 0 heterocycles. The molecule has 0 radical (unpaired) electrons. The molecule has 0 bridgehead atoms. The Morgan fingerprint density at radius 1 is 1.20 bits per heavy atom. The second-order valence-electron chi connectivity index (χ2n) is 4.27. The first kappa shape index (κ1) is 16.2. The zero-order chi connectivity index (χ0) is 15.0. The maximum atomic E-state index is 5.63. The molecule has 0 saturated carbocycles. The molecule has 1 aromatic carbocycles. The van der Waals surface area contributed by atoms with Crippen molar-refractivity contribution >= 4 is 0 Å². The van der Waals surface area contributed by atoms with Gasteiger partial charge in [-0.2, -0.15) is 0 Å². The van der Waals surface area contributed by atoms with Crippen molar-refractivity contribution in [3.63, 3.8) is 0 Å². The summed E-state index contributed by atoms with van der Waals surface area (Å²) in [5, 5.41) is 0. The van der Waals surface area contributed by atoms with Gasteiger partial charge in [0.15, 0.2) is 11.5 Å². The lowest BCUT2D eigenvalue weighted by molar-refractivity contribution is 0.322. The van der Waals surface area contributed by atoms with Crippen LogP contribution in [-0.2, 0) is 0 Å². The highest BCUT2D eigenvalue weighted by atomic mass is 16.5. The van der Waals surface area contributed by atoms with Gasteiger partial charge in [-0.1, -0.05) is 0 Å². The lowest BCUT2D eigenvalue weighted by Crippen LogP contribution is -2.28. The normalized spacial score (nSPS) is 11.6. The molecule has 1 unspecified atom stereocenters. The summed E-state index contributed by atoms with van der Waals surface area (Å²) in [6, 6.07) is 3.76. The highest BCUT2D eigenvalue weighted by molar-refractivity contribution is 5.54. The first-order valence-electron chi connectivity index (χ1n) is 6.41. The highest BCUT2D eigenvalue weighted by Gasteiger charge is 2.17. The van der Waals surface area contributed by atoms with Crippen molar-refractivity contribution in [2.24, 2.45) is 5.84 Å². The lowest BCUT2D eigenvalue weighted by atomic mass is 10.0. The Kier molecular flexibility index (Phi) is 6.71. The Balaban J connectivity index is 3.06. The Bertz CT molecular complexity index is 444. The SMILES string of the molecule is C#CCCCC(NN)c1cc(OC)c(OC)c(OC)c1. The number of hydrogen-bond acceptors (Lipinski definition) is 5. The topological polar surface area (TPSA) is 65.7 Å². The fourth-order valence-corrected chi connectivity index (χ4v) is 2.06. The number of hydrazine groups is 1. The van der Waals surface area contributed by atoms with Gasteiger partial charge in [-0.25, -0.2) is 0 Å². The fraction of sp³-hybridized carbons (Fsp3) is 0.467.